The molecule has 0 spiro atoms. The highest BCUT2D eigenvalue weighted by molar-refractivity contribution is 8.76. The van der Waals surface area contributed by atoms with Crippen LogP contribution in [0, 0.1) is 0 Å². The molecule has 198 valence electrons. The minimum Gasteiger partial charge on any atom is -0.466 e. The van der Waals surface area contributed by atoms with Crippen LogP contribution in [0.15, 0.2) is 0 Å². The average molecular weight is 522 g/mol. The highest BCUT2D eigenvalue weighted by Gasteiger charge is 2.08. The summed E-state index contributed by atoms with van der Waals surface area (Å²) in [6, 6.07) is 0. The molecule has 0 aliphatic carbocycles. The van der Waals surface area contributed by atoms with Crippen molar-refractivity contribution < 1.29 is 28.7 Å². The zero-order valence-corrected chi connectivity index (χ0v) is 22.4. The van der Waals surface area contributed by atoms with E-state index in [1.807, 2.05) is 0 Å². The standard InChI is InChI=1S/C23H43N3O6S2/c1-3-5-9-20(27)25-14-7-6-13-24-15-18-33-34-19-16-26-21(28)10-8-11-22(29)32-17-12-23(30)31-4-2/h24H,3-19H2,1-2H3,(H,25,27)(H,26,28). The van der Waals surface area contributed by atoms with E-state index in [0.29, 0.717) is 26.0 Å². The van der Waals surface area contributed by atoms with E-state index in [1.165, 1.54) is 0 Å². The molecule has 3 N–H and O–H groups in total. The van der Waals surface area contributed by atoms with E-state index >= 15 is 0 Å². The lowest BCUT2D eigenvalue weighted by molar-refractivity contribution is -0.149. The molecular weight excluding hydrogens is 478 g/mol. The number of carbonyl (C=O) groups excluding carboxylic acids is 4. The number of ether oxygens (including phenoxy) is 2. The van der Waals surface area contributed by atoms with Crippen LogP contribution in [0.2, 0.25) is 0 Å². The molecule has 9 nitrogen and oxygen atoms in total. The molecule has 0 aliphatic rings. The lowest BCUT2D eigenvalue weighted by atomic mass is 10.2. The Labute approximate surface area is 212 Å². The van der Waals surface area contributed by atoms with Crippen LogP contribution in [0.5, 0.6) is 0 Å². The molecule has 0 heterocycles. The summed E-state index contributed by atoms with van der Waals surface area (Å²) in [6.45, 7) is 7.34. The first-order valence-corrected chi connectivity index (χ1v) is 14.8. The maximum absolute atomic E-state index is 11.8. The SMILES string of the molecule is CCCCC(=O)NCCCCNCCSSCCNC(=O)CCCC(=O)OCCC(=O)OCC. The van der Waals surface area contributed by atoms with Crippen LogP contribution in [0.3, 0.4) is 0 Å². The quantitative estimate of drug-likeness (QED) is 0.106. The van der Waals surface area contributed by atoms with Gasteiger partial charge in [-0.25, -0.2) is 0 Å². The molecule has 0 rings (SSSR count). The molecule has 0 atom stereocenters. The molecule has 0 fully saturated rings. The number of rotatable bonds is 23. The van der Waals surface area contributed by atoms with E-state index in [0.717, 1.165) is 56.8 Å². The van der Waals surface area contributed by atoms with Crippen molar-refractivity contribution >= 4 is 45.3 Å². The Balaban J connectivity index is 3.35. The van der Waals surface area contributed by atoms with Crippen LogP contribution in [0.4, 0.5) is 0 Å². The van der Waals surface area contributed by atoms with Crippen LogP contribution in [-0.4, -0.2) is 74.7 Å². The predicted molar refractivity (Wildman–Crippen MR) is 139 cm³/mol. The second-order valence-corrected chi connectivity index (χ2v) is 10.2. The summed E-state index contributed by atoms with van der Waals surface area (Å²) in [5.41, 5.74) is 0. The number of hydrogen-bond donors (Lipinski definition) is 3. The molecule has 0 saturated heterocycles. The summed E-state index contributed by atoms with van der Waals surface area (Å²) in [6.07, 6.45) is 5.56. The second kappa shape index (κ2) is 24.7. The summed E-state index contributed by atoms with van der Waals surface area (Å²) in [4.78, 5) is 46.0. The van der Waals surface area contributed by atoms with Crippen molar-refractivity contribution in [3.05, 3.63) is 0 Å². The Morgan fingerprint density at radius 2 is 1.26 bits per heavy atom. The van der Waals surface area contributed by atoms with Crippen molar-refractivity contribution in [3.63, 3.8) is 0 Å². The van der Waals surface area contributed by atoms with Crippen LogP contribution in [-0.2, 0) is 28.7 Å². The molecule has 0 radical (unpaired) electrons. The first-order chi connectivity index (χ1) is 16.5. The minimum absolute atomic E-state index is 0.00705. The number of hydrogen-bond acceptors (Lipinski definition) is 9. The molecule has 0 bridgehead atoms. The molecule has 0 saturated carbocycles. The van der Waals surface area contributed by atoms with Crippen molar-refractivity contribution in [1.29, 1.82) is 0 Å². The van der Waals surface area contributed by atoms with Gasteiger partial charge < -0.3 is 25.4 Å². The largest absolute Gasteiger partial charge is 0.466 e. The van der Waals surface area contributed by atoms with E-state index in [4.69, 9.17) is 9.47 Å². The highest BCUT2D eigenvalue weighted by Crippen LogP contribution is 2.19. The number of carbonyl (C=O) groups is 4. The van der Waals surface area contributed by atoms with Gasteiger partial charge >= 0.3 is 11.9 Å². The third-order valence-electron chi connectivity index (χ3n) is 4.47. The van der Waals surface area contributed by atoms with Gasteiger partial charge in [-0.2, -0.15) is 0 Å². The fourth-order valence-electron chi connectivity index (χ4n) is 2.65. The van der Waals surface area contributed by atoms with Crippen LogP contribution < -0.4 is 16.0 Å². The van der Waals surface area contributed by atoms with Gasteiger partial charge in [-0.1, -0.05) is 34.9 Å². The average Bonchev–Trinajstić information content (AvgIpc) is 2.80. The number of esters is 2. The molecule has 0 aromatic rings. The molecule has 0 aromatic heterocycles. The van der Waals surface area contributed by atoms with Gasteiger partial charge in [0.05, 0.1) is 13.0 Å². The molecule has 0 unspecified atom stereocenters. The Morgan fingerprint density at radius 3 is 1.97 bits per heavy atom. The first-order valence-electron chi connectivity index (χ1n) is 12.3. The van der Waals surface area contributed by atoms with E-state index in [2.05, 4.69) is 22.9 Å². The van der Waals surface area contributed by atoms with Crippen molar-refractivity contribution in [3.8, 4) is 0 Å². The maximum atomic E-state index is 11.8. The highest BCUT2D eigenvalue weighted by atomic mass is 33.1. The molecule has 0 aromatic carbocycles. The Bertz CT molecular complexity index is 567. The van der Waals surface area contributed by atoms with E-state index in [-0.39, 0.29) is 37.7 Å². The van der Waals surface area contributed by atoms with Gasteiger partial charge in [0.1, 0.15) is 6.61 Å². The van der Waals surface area contributed by atoms with Crippen molar-refractivity contribution in [2.24, 2.45) is 0 Å². The van der Waals surface area contributed by atoms with Gasteiger partial charge in [0, 0.05) is 50.4 Å². The zero-order valence-electron chi connectivity index (χ0n) is 20.8. The number of amides is 2. The Morgan fingerprint density at radius 1 is 0.647 bits per heavy atom. The third-order valence-corrected chi connectivity index (χ3v) is 6.88. The Hall–Kier alpha value is -1.46. The summed E-state index contributed by atoms with van der Waals surface area (Å²) in [5.74, 6) is 1.09. The first kappa shape index (κ1) is 32.5. The molecule has 0 aliphatic heterocycles. The van der Waals surface area contributed by atoms with Crippen LogP contribution in [0.1, 0.15) is 71.6 Å². The summed E-state index contributed by atoms with van der Waals surface area (Å²) < 4.78 is 9.69. The fraction of sp³-hybridized carbons (Fsp3) is 0.826. The molecule has 2 amide bonds. The van der Waals surface area contributed by atoms with Gasteiger partial charge in [-0.05, 0) is 39.2 Å². The molecule has 11 heteroatoms. The summed E-state index contributed by atoms with van der Waals surface area (Å²) in [7, 11) is 3.49. The monoisotopic (exact) mass is 521 g/mol. The third kappa shape index (κ3) is 23.7. The van der Waals surface area contributed by atoms with Crippen LogP contribution in [0.25, 0.3) is 0 Å². The molecular formula is C23H43N3O6S2. The lowest BCUT2D eigenvalue weighted by Gasteiger charge is -2.07. The van der Waals surface area contributed by atoms with E-state index in [1.54, 1.807) is 28.5 Å². The molecule has 34 heavy (non-hydrogen) atoms. The maximum Gasteiger partial charge on any atom is 0.309 e. The van der Waals surface area contributed by atoms with Crippen molar-refractivity contribution in [1.82, 2.24) is 16.0 Å². The summed E-state index contributed by atoms with van der Waals surface area (Å²) in [5, 5.41) is 9.19. The van der Waals surface area contributed by atoms with Crippen LogP contribution >= 0.6 is 21.6 Å². The predicted octanol–water partition coefficient (Wildman–Crippen LogP) is 2.83. The van der Waals surface area contributed by atoms with Gasteiger partial charge in [-0.3, -0.25) is 19.2 Å². The van der Waals surface area contributed by atoms with Crippen molar-refractivity contribution in [2.45, 2.75) is 71.6 Å². The van der Waals surface area contributed by atoms with E-state index in [9.17, 15) is 19.2 Å². The van der Waals surface area contributed by atoms with Gasteiger partial charge in [-0.15, -0.1) is 0 Å². The second-order valence-electron chi connectivity index (χ2n) is 7.53. The minimum atomic E-state index is -0.410. The fourth-order valence-corrected chi connectivity index (χ4v) is 4.51. The lowest BCUT2D eigenvalue weighted by Crippen LogP contribution is -2.25. The Kier molecular flexibility index (Phi) is 23.6. The number of unbranched alkanes of at least 4 members (excludes halogenated alkanes) is 2. The number of nitrogens with one attached hydrogen (secondary N) is 3. The van der Waals surface area contributed by atoms with Gasteiger partial charge in [0.15, 0.2) is 0 Å². The smallest absolute Gasteiger partial charge is 0.309 e. The van der Waals surface area contributed by atoms with Gasteiger partial charge in [0.2, 0.25) is 11.8 Å². The zero-order chi connectivity index (χ0) is 25.3. The topological polar surface area (TPSA) is 123 Å². The normalized spacial score (nSPS) is 10.5. The van der Waals surface area contributed by atoms with Gasteiger partial charge in [0.25, 0.3) is 0 Å². The van der Waals surface area contributed by atoms with E-state index < -0.39 is 11.9 Å². The van der Waals surface area contributed by atoms with Crippen molar-refractivity contribution in [2.75, 3.05) is 50.9 Å². The summed E-state index contributed by atoms with van der Waals surface area (Å²) >= 11 is 0.